The van der Waals surface area contributed by atoms with E-state index in [2.05, 4.69) is 13.8 Å². The summed E-state index contributed by atoms with van der Waals surface area (Å²) >= 11 is 0. The number of benzene rings is 1. The lowest BCUT2D eigenvalue weighted by Gasteiger charge is -2.20. The van der Waals surface area contributed by atoms with Gasteiger partial charge in [-0.05, 0) is 24.5 Å². The van der Waals surface area contributed by atoms with E-state index >= 15 is 0 Å². The topological polar surface area (TPSA) is 72.4 Å². The zero-order valence-corrected chi connectivity index (χ0v) is 10.5. The molecule has 1 rings (SSSR count). The maximum absolute atomic E-state index is 11.0. The first kappa shape index (κ1) is 13.3. The van der Waals surface area contributed by atoms with E-state index in [9.17, 15) is 10.1 Å². The van der Waals surface area contributed by atoms with Crippen molar-refractivity contribution >= 4 is 17.1 Å². The molecule has 0 bridgehead atoms. The number of nitro groups is 1. The maximum atomic E-state index is 11.0. The monoisotopic (exact) mass is 237 g/mol. The molecule has 0 spiro atoms. The number of hydrogen-bond donors (Lipinski definition) is 1. The lowest BCUT2D eigenvalue weighted by Crippen LogP contribution is -2.21. The van der Waals surface area contributed by atoms with E-state index in [1.165, 1.54) is 0 Å². The zero-order chi connectivity index (χ0) is 13.0. The molecule has 94 valence electrons. The van der Waals surface area contributed by atoms with Crippen LogP contribution in [0.15, 0.2) is 18.2 Å². The van der Waals surface area contributed by atoms with Gasteiger partial charge in [-0.2, -0.15) is 0 Å². The summed E-state index contributed by atoms with van der Waals surface area (Å²) < 4.78 is 0. The molecule has 5 nitrogen and oxygen atoms in total. The van der Waals surface area contributed by atoms with Crippen LogP contribution in [0.4, 0.5) is 17.1 Å². The van der Waals surface area contributed by atoms with Gasteiger partial charge in [0, 0.05) is 13.6 Å². The number of nitrogen functional groups attached to an aromatic ring is 1. The SMILES string of the molecule is CC(C)CCN(C)c1cccc(N)c1[N+](=O)[O-]. The zero-order valence-electron chi connectivity index (χ0n) is 10.5. The van der Waals surface area contributed by atoms with Gasteiger partial charge in [-0.1, -0.05) is 19.9 Å². The number of rotatable bonds is 5. The van der Waals surface area contributed by atoms with Crippen LogP contribution in [0, 0.1) is 16.0 Å². The summed E-state index contributed by atoms with van der Waals surface area (Å²) in [5.41, 5.74) is 6.44. The standard InChI is InChI=1S/C12H19N3O2/c1-9(2)7-8-14(3)11-6-4-5-10(13)12(11)15(16)17/h4-6,9H,7-8,13H2,1-3H3. The molecule has 17 heavy (non-hydrogen) atoms. The van der Waals surface area contributed by atoms with Crippen molar-refractivity contribution in [3.63, 3.8) is 0 Å². The maximum Gasteiger partial charge on any atom is 0.315 e. The van der Waals surface area contributed by atoms with Crippen LogP contribution in [0.25, 0.3) is 0 Å². The predicted molar refractivity (Wildman–Crippen MR) is 70.2 cm³/mol. The van der Waals surface area contributed by atoms with E-state index in [1.54, 1.807) is 18.2 Å². The van der Waals surface area contributed by atoms with E-state index in [-0.39, 0.29) is 11.4 Å². The lowest BCUT2D eigenvalue weighted by molar-refractivity contribution is -0.383. The van der Waals surface area contributed by atoms with E-state index in [4.69, 9.17) is 5.73 Å². The van der Waals surface area contributed by atoms with Crippen molar-refractivity contribution in [1.29, 1.82) is 0 Å². The first-order valence-electron chi connectivity index (χ1n) is 5.67. The highest BCUT2D eigenvalue weighted by Gasteiger charge is 2.20. The van der Waals surface area contributed by atoms with E-state index < -0.39 is 4.92 Å². The van der Waals surface area contributed by atoms with Gasteiger partial charge < -0.3 is 10.6 Å². The van der Waals surface area contributed by atoms with Gasteiger partial charge in [0.2, 0.25) is 0 Å². The van der Waals surface area contributed by atoms with Crippen LogP contribution in [0.3, 0.4) is 0 Å². The molecule has 0 aliphatic rings. The number of para-hydroxylation sites is 1. The minimum Gasteiger partial charge on any atom is -0.393 e. The molecule has 0 unspecified atom stereocenters. The Hall–Kier alpha value is -1.78. The quantitative estimate of drug-likeness (QED) is 0.485. The van der Waals surface area contributed by atoms with Gasteiger partial charge in [0.15, 0.2) is 0 Å². The van der Waals surface area contributed by atoms with Gasteiger partial charge >= 0.3 is 5.69 Å². The Labute approximate surface area is 101 Å². The normalized spacial score (nSPS) is 10.6. The average molecular weight is 237 g/mol. The van der Waals surface area contributed by atoms with Gasteiger partial charge in [-0.3, -0.25) is 10.1 Å². The first-order chi connectivity index (χ1) is 7.93. The summed E-state index contributed by atoms with van der Waals surface area (Å²) in [5, 5.41) is 11.0. The molecule has 2 N–H and O–H groups in total. The van der Waals surface area contributed by atoms with Crippen molar-refractivity contribution in [2.45, 2.75) is 20.3 Å². The fraction of sp³-hybridized carbons (Fsp3) is 0.500. The van der Waals surface area contributed by atoms with Crippen LogP contribution in [-0.4, -0.2) is 18.5 Å². The first-order valence-corrected chi connectivity index (χ1v) is 5.67. The highest BCUT2D eigenvalue weighted by Crippen LogP contribution is 2.32. The van der Waals surface area contributed by atoms with Crippen molar-refractivity contribution in [3.05, 3.63) is 28.3 Å². The fourth-order valence-electron chi connectivity index (χ4n) is 1.63. The van der Waals surface area contributed by atoms with Crippen molar-refractivity contribution in [2.24, 2.45) is 5.92 Å². The Morgan fingerprint density at radius 3 is 2.65 bits per heavy atom. The molecule has 0 amide bonds. The van der Waals surface area contributed by atoms with Crippen LogP contribution < -0.4 is 10.6 Å². The molecule has 0 aromatic heterocycles. The molecule has 0 fully saturated rings. The Morgan fingerprint density at radius 2 is 2.12 bits per heavy atom. The molecule has 0 radical (unpaired) electrons. The van der Waals surface area contributed by atoms with E-state index in [0.717, 1.165) is 13.0 Å². The summed E-state index contributed by atoms with van der Waals surface area (Å²) in [6.07, 6.45) is 0.989. The molecule has 1 aromatic rings. The van der Waals surface area contributed by atoms with Crippen LogP contribution in [0.2, 0.25) is 0 Å². The third kappa shape index (κ3) is 3.34. The molecule has 0 heterocycles. The molecule has 0 saturated heterocycles. The Balaban J connectivity index is 2.96. The highest BCUT2D eigenvalue weighted by atomic mass is 16.6. The molecule has 0 atom stereocenters. The Morgan fingerprint density at radius 1 is 1.47 bits per heavy atom. The number of nitrogens with two attached hydrogens (primary N) is 1. The van der Waals surface area contributed by atoms with Gasteiger partial charge in [0.05, 0.1) is 4.92 Å². The minimum absolute atomic E-state index is 0.00115. The van der Waals surface area contributed by atoms with E-state index in [1.807, 2.05) is 11.9 Å². The Bertz CT molecular complexity index is 405. The second-order valence-corrected chi connectivity index (χ2v) is 4.58. The summed E-state index contributed by atoms with van der Waals surface area (Å²) in [6, 6.07) is 5.02. The average Bonchev–Trinajstić information content (AvgIpc) is 2.24. The molecular weight excluding hydrogens is 218 g/mol. The summed E-state index contributed by atoms with van der Waals surface area (Å²) in [4.78, 5) is 12.4. The highest BCUT2D eigenvalue weighted by molar-refractivity contribution is 5.75. The molecular formula is C12H19N3O2. The summed E-state index contributed by atoms with van der Waals surface area (Å²) in [5.74, 6) is 0.567. The van der Waals surface area contributed by atoms with Crippen molar-refractivity contribution in [3.8, 4) is 0 Å². The lowest BCUT2D eigenvalue weighted by atomic mass is 10.1. The second kappa shape index (κ2) is 5.52. The van der Waals surface area contributed by atoms with E-state index in [0.29, 0.717) is 11.6 Å². The molecule has 0 saturated carbocycles. The number of nitrogens with zero attached hydrogens (tertiary/aromatic N) is 2. The van der Waals surface area contributed by atoms with Gasteiger partial charge in [0.25, 0.3) is 0 Å². The molecule has 1 aromatic carbocycles. The molecule has 5 heteroatoms. The van der Waals surface area contributed by atoms with Gasteiger partial charge in [-0.15, -0.1) is 0 Å². The largest absolute Gasteiger partial charge is 0.393 e. The fourth-order valence-corrected chi connectivity index (χ4v) is 1.63. The second-order valence-electron chi connectivity index (χ2n) is 4.58. The van der Waals surface area contributed by atoms with Crippen LogP contribution in [-0.2, 0) is 0 Å². The van der Waals surface area contributed by atoms with Gasteiger partial charge in [0.1, 0.15) is 11.4 Å². The van der Waals surface area contributed by atoms with Gasteiger partial charge in [-0.25, -0.2) is 0 Å². The Kier molecular flexibility index (Phi) is 4.31. The summed E-state index contributed by atoms with van der Waals surface area (Å²) in [6.45, 7) is 5.03. The third-order valence-corrected chi connectivity index (χ3v) is 2.68. The number of nitro benzene ring substituents is 1. The number of anilines is 2. The molecule has 0 aliphatic heterocycles. The smallest absolute Gasteiger partial charge is 0.315 e. The van der Waals surface area contributed by atoms with Crippen molar-refractivity contribution < 1.29 is 4.92 Å². The van der Waals surface area contributed by atoms with Crippen LogP contribution in [0.1, 0.15) is 20.3 Å². The van der Waals surface area contributed by atoms with Crippen LogP contribution in [0.5, 0.6) is 0 Å². The third-order valence-electron chi connectivity index (χ3n) is 2.68. The number of hydrogen-bond acceptors (Lipinski definition) is 4. The van der Waals surface area contributed by atoms with Crippen molar-refractivity contribution in [1.82, 2.24) is 0 Å². The predicted octanol–water partition coefficient (Wildman–Crippen LogP) is 2.66. The molecule has 0 aliphatic carbocycles. The van der Waals surface area contributed by atoms with Crippen molar-refractivity contribution in [2.75, 3.05) is 24.2 Å². The summed E-state index contributed by atoms with van der Waals surface area (Å²) in [7, 11) is 1.85. The van der Waals surface area contributed by atoms with Crippen LogP contribution >= 0.6 is 0 Å². The minimum atomic E-state index is -0.420.